The summed E-state index contributed by atoms with van der Waals surface area (Å²) in [6.45, 7) is 5.11. The van der Waals surface area contributed by atoms with Gasteiger partial charge in [0.2, 0.25) is 0 Å². The number of aryl methyl sites for hydroxylation is 1. The molecule has 0 spiro atoms. The number of fused-ring (bicyclic) bond motifs is 1. The quantitative estimate of drug-likeness (QED) is 0.776. The lowest BCUT2D eigenvalue weighted by Gasteiger charge is -2.17. The number of hydrogen-bond donors (Lipinski definition) is 1. The van der Waals surface area contributed by atoms with E-state index in [0.717, 1.165) is 24.2 Å². The SMILES string of the molecule is CCNC(Cc1nc(C)cs1)c1cnc2ccccc2c1. The van der Waals surface area contributed by atoms with Crippen LogP contribution in [0, 0.1) is 6.92 Å². The van der Waals surface area contributed by atoms with E-state index >= 15 is 0 Å². The number of pyridine rings is 1. The smallest absolute Gasteiger partial charge is 0.0947 e. The Morgan fingerprint density at radius 1 is 1.29 bits per heavy atom. The molecule has 1 unspecified atom stereocenters. The molecular formula is C17H19N3S. The van der Waals surface area contributed by atoms with Gasteiger partial charge in [-0.3, -0.25) is 4.98 Å². The summed E-state index contributed by atoms with van der Waals surface area (Å²) in [5, 5.41) is 8.02. The summed E-state index contributed by atoms with van der Waals surface area (Å²) < 4.78 is 0. The summed E-state index contributed by atoms with van der Waals surface area (Å²) in [5.41, 5.74) is 3.37. The van der Waals surface area contributed by atoms with Gasteiger partial charge in [0.1, 0.15) is 0 Å². The van der Waals surface area contributed by atoms with E-state index in [4.69, 9.17) is 0 Å². The maximum atomic E-state index is 4.58. The van der Waals surface area contributed by atoms with Crippen molar-refractivity contribution in [3.05, 3.63) is 58.2 Å². The molecule has 3 aromatic rings. The van der Waals surface area contributed by atoms with E-state index in [9.17, 15) is 0 Å². The molecule has 2 aromatic heterocycles. The van der Waals surface area contributed by atoms with Crippen LogP contribution >= 0.6 is 11.3 Å². The number of likely N-dealkylation sites (N-methyl/N-ethyl adjacent to an activating group) is 1. The molecule has 3 rings (SSSR count). The number of para-hydroxylation sites is 1. The fraction of sp³-hybridized carbons (Fsp3) is 0.294. The van der Waals surface area contributed by atoms with Gasteiger partial charge in [-0.05, 0) is 31.2 Å². The number of rotatable bonds is 5. The van der Waals surface area contributed by atoms with Crippen molar-refractivity contribution in [2.24, 2.45) is 0 Å². The van der Waals surface area contributed by atoms with Gasteiger partial charge in [0.25, 0.3) is 0 Å². The lowest BCUT2D eigenvalue weighted by Crippen LogP contribution is -2.23. The predicted octanol–water partition coefficient (Wildman–Crippen LogP) is 3.89. The Morgan fingerprint density at radius 2 is 2.14 bits per heavy atom. The molecule has 0 radical (unpaired) electrons. The van der Waals surface area contributed by atoms with Crippen LogP contribution in [0.1, 0.15) is 29.2 Å². The predicted molar refractivity (Wildman–Crippen MR) is 88.7 cm³/mol. The Balaban J connectivity index is 1.90. The number of thiazole rings is 1. The summed E-state index contributed by atoms with van der Waals surface area (Å²) >= 11 is 1.73. The molecule has 1 aromatic carbocycles. The molecule has 0 fully saturated rings. The topological polar surface area (TPSA) is 37.8 Å². The van der Waals surface area contributed by atoms with Crippen molar-refractivity contribution in [3.8, 4) is 0 Å². The Morgan fingerprint density at radius 3 is 2.90 bits per heavy atom. The van der Waals surface area contributed by atoms with Crippen LogP contribution < -0.4 is 5.32 Å². The molecule has 21 heavy (non-hydrogen) atoms. The first-order valence-electron chi connectivity index (χ1n) is 7.25. The first-order valence-corrected chi connectivity index (χ1v) is 8.13. The van der Waals surface area contributed by atoms with E-state index in [-0.39, 0.29) is 6.04 Å². The van der Waals surface area contributed by atoms with Gasteiger partial charge in [-0.15, -0.1) is 11.3 Å². The van der Waals surface area contributed by atoms with Crippen LogP contribution in [-0.2, 0) is 6.42 Å². The van der Waals surface area contributed by atoms with Crippen molar-refractivity contribution in [3.63, 3.8) is 0 Å². The number of nitrogens with zero attached hydrogens (tertiary/aromatic N) is 2. The number of nitrogens with one attached hydrogen (secondary N) is 1. The van der Waals surface area contributed by atoms with E-state index in [2.05, 4.69) is 45.8 Å². The zero-order chi connectivity index (χ0) is 14.7. The van der Waals surface area contributed by atoms with Crippen LogP contribution in [-0.4, -0.2) is 16.5 Å². The van der Waals surface area contributed by atoms with Gasteiger partial charge in [0.05, 0.1) is 10.5 Å². The molecule has 1 atom stereocenters. The highest BCUT2D eigenvalue weighted by atomic mass is 32.1. The maximum Gasteiger partial charge on any atom is 0.0947 e. The zero-order valence-corrected chi connectivity index (χ0v) is 13.2. The Hall–Kier alpha value is -1.78. The van der Waals surface area contributed by atoms with Crippen LogP contribution in [0.2, 0.25) is 0 Å². The van der Waals surface area contributed by atoms with Crippen LogP contribution in [0.3, 0.4) is 0 Å². The highest BCUT2D eigenvalue weighted by molar-refractivity contribution is 7.09. The Labute approximate surface area is 129 Å². The summed E-state index contributed by atoms with van der Waals surface area (Å²) in [5.74, 6) is 0. The zero-order valence-electron chi connectivity index (χ0n) is 12.3. The van der Waals surface area contributed by atoms with Crippen molar-refractivity contribution >= 4 is 22.2 Å². The second-order valence-electron chi connectivity index (χ2n) is 5.16. The summed E-state index contributed by atoms with van der Waals surface area (Å²) in [7, 11) is 0. The first-order chi connectivity index (χ1) is 10.3. The highest BCUT2D eigenvalue weighted by Crippen LogP contribution is 2.23. The van der Waals surface area contributed by atoms with Gasteiger partial charge in [-0.1, -0.05) is 25.1 Å². The van der Waals surface area contributed by atoms with Gasteiger partial charge in [-0.25, -0.2) is 4.98 Å². The third-order valence-corrected chi connectivity index (χ3v) is 4.50. The molecule has 0 aliphatic rings. The highest BCUT2D eigenvalue weighted by Gasteiger charge is 2.14. The van der Waals surface area contributed by atoms with Gasteiger partial charge in [0, 0.05) is 35.1 Å². The normalized spacial score (nSPS) is 12.7. The fourth-order valence-electron chi connectivity index (χ4n) is 2.50. The van der Waals surface area contributed by atoms with Gasteiger partial charge in [0.15, 0.2) is 0 Å². The molecule has 1 N–H and O–H groups in total. The number of aromatic nitrogens is 2. The van der Waals surface area contributed by atoms with Crippen LogP contribution in [0.15, 0.2) is 41.9 Å². The van der Waals surface area contributed by atoms with Crippen molar-refractivity contribution in [1.29, 1.82) is 0 Å². The van der Waals surface area contributed by atoms with Crippen molar-refractivity contribution in [2.45, 2.75) is 26.3 Å². The minimum absolute atomic E-state index is 0.262. The molecule has 108 valence electrons. The summed E-state index contributed by atoms with van der Waals surface area (Å²) in [6, 6.07) is 10.7. The van der Waals surface area contributed by atoms with Crippen molar-refractivity contribution in [2.75, 3.05) is 6.54 Å². The Kier molecular flexibility index (Phi) is 4.27. The van der Waals surface area contributed by atoms with Crippen molar-refractivity contribution in [1.82, 2.24) is 15.3 Å². The van der Waals surface area contributed by atoms with E-state index < -0.39 is 0 Å². The van der Waals surface area contributed by atoms with E-state index in [1.54, 1.807) is 11.3 Å². The standard InChI is InChI=1S/C17H19N3S/c1-3-18-16(9-17-20-12(2)11-21-17)14-8-13-6-4-5-7-15(13)19-10-14/h4-8,10-11,16,18H,3,9H2,1-2H3. The van der Waals surface area contributed by atoms with Gasteiger partial charge in [-0.2, -0.15) is 0 Å². The Bertz CT molecular complexity index is 735. The molecule has 2 heterocycles. The van der Waals surface area contributed by atoms with E-state index in [0.29, 0.717) is 0 Å². The summed E-state index contributed by atoms with van der Waals surface area (Å²) in [4.78, 5) is 9.15. The number of hydrogen-bond acceptors (Lipinski definition) is 4. The molecule has 4 heteroatoms. The van der Waals surface area contributed by atoms with Gasteiger partial charge < -0.3 is 5.32 Å². The molecule has 3 nitrogen and oxygen atoms in total. The van der Waals surface area contributed by atoms with Gasteiger partial charge >= 0.3 is 0 Å². The maximum absolute atomic E-state index is 4.58. The lowest BCUT2D eigenvalue weighted by atomic mass is 10.0. The minimum Gasteiger partial charge on any atom is -0.310 e. The third-order valence-electron chi connectivity index (χ3n) is 3.51. The molecular weight excluding hydrogens is 278 g/mol. The molecule has 0 aliphatic carbocycles. The average molecular weight is 297 g/mol. The third kappa shape index (κ3) is 3.28. The molecule has 0 saturated heterocycles. The molecule has 0 aliphatic heterocycles. The lowest BCUT2D eigenvalue weighted by molar-refractivity contribution is 0.547. The van der Waals surface area contributed by atoms with Crippen LogP contribution in [0.4, 0.5) is 0 Å². The fourth-order valence-corrected chi connectivity index (χ4v) is 3.32. The van der Waals surface area contributed by atoms with E-state index in [1.165, 1.54) is 16.0 Å². The van der Waals surface area contributed by atoms with Crippen LogP contribution in [0.5, 0.6) is 0 Å². The molecule has 0 bridgehead atoms. The first kappa shape index (κ1) is 14.2. The molecule has 0 saturated carbocycles. The summed E-state index contributed by atoms with van der Waals surface area (Å²) in [6.07, 6.45) is 2.89. The minimum atomic E-state index is 0.262. The number of benzene rings is 1. The van der Waals surface area contributed by atoms with Crippen molar-refractivity contribution < 1.29 is 0 Å². The monoisotopic (exact) mass is 297 g/mol. The second kappa shape index (κ2) is 6.33. The largest absolute Gasteiger partial charge is 0.310 e. The second-order valence-corrected chi connectivity index (χ2v) is 6.10. The van der Waals surface area contributed by atoms with Crippen LogP contribution in [0.25, 0.3) is 10.9 Å². The van der Waals surface area contributed by atoms with E-state index in [1.807, 2.05) is 25.3 Å². The molecule has 0 amide bonds. The average Bonchev–Trinajstić information content (AvgIpc) is 2.91.